The highest BCUT2D eigenvalue weighted by Crippen LogP contribution is 2.26. The zero-order valence-corrected chi connectivity index (χ0v) is 51.1. The first kappa shape index (κ1) is 74.2. The predicted molar refractivity (Wildman–Crippen MR) is 324 cm³/mol. The van der Waals surface area contributed by atoms with Crippen molar-refractivity contribution in [2.45, 2.75) is 378 Å². The molecule has 11 nitrogen and oxygen atoms in total. The molecule has 1 amide bonds. The maximum Gasteiger partial charge on any atom is 0.306 e. The molecular formula is C67H127NO10. The number of ether oxygens (including phenoxy) is 3. The molecule has 1 aliphatic rings. The van der Waals surface area contributed by atoms with Gasteiger partial charge in [0.05, 0.1) is 25.4 Å². The van der Waals surface area contributed by atoms with Crippen LogP contribution in [0.15, 0.2) is 24.3 Å². The third-order valence-corrected chi connectivity index (χ3v) is 16.1. The summed E-state index contributed by atoms with van der Waals surface area (Å²) in [4.78, 5) is 26.6. The first-order chi connectivity index (χ1) is 38.2. The third-order valence-electron chi connectivity index (χ3n) is 16.1. The molecule has 6 N–H and O–H groups in total. The smallest absolute Gasteiger partial charge is 0.306 e. The van der Waals surface area contributed by atoms with Crippen LogP contribution in [0.2, 0.25) is 0 Å². The molecule has 0 radical (unpaired) electrons. The topological polar surface area (TPSA) is 175 Å². The second kappa shape index (κ2) is 55.7. The molecule has 0 spiro atoms. The number of carbonyl (C=O) groups is 2. The molecule has 0 aromatic heterocycles. The van der Waals surface area contributed by atoms with E-state index in [1.165, 1.54) is 225 Å². The van der Waals surface area contributed by atoms with Gasteiger partial charge < -0.3 is 45.1 Å². The standard InChI is InChI=1S/C67H127NO10/c1-4-7-10-13-16-19-22-24-25-26-27-28-29-30-31-32-33-34-35-37-40-43-46-49-52-55-62(72)78-65-64(74)63(73)61(56-69)77-67(65)76-57-58(59(70)53-50-47-44-41-38-21-18-15-12-9-6-3)68-66(75)60(71)54-51-48-45-42-39-36-23-20-17-14-11-8-5-2/h24-25,50,53,58-61,63-65,67,69-71,73-74H,4-23,26-49,51-52,54-57H2,1-3H3,(H,68,75)/b25-24+,53-50+. The summed E-state index contributed by atoms with van der Waals surface area (Å²) in [7, 11) is 0. The number of hydrogen-bond donors (Lipinski definition) is 6. The number of hydrogen-bond acceptors (Lipinski definition) is 10. The summed E-state index contributed by atoms with van der Waals surface area (Å²) in [5, 5.41) is 57.0. The fourth-order valence-electron chi connectivity index (χ4n) is 10.8. The summed E-state index contributed by atoms with van der Waals surface area (Å²) in [5.74, 6) is -1.18. The molecule has 0 saturated carbocycles. The second-order valence-corrected chi connectivity index (χ2v) is 23.6. The number of amides is 1. The summed E-state index contributed by atoms with van der Waals surface area (Å²) in [6.45, 7) is 5.81. The number of esters is 1. The minimum Gasteiger partial charge on any atom is -0.454 e. The SMILES string of the molecule is CCCCCCCC/C=C/CCCCCCCCCCCCCCCCCC(=O)OC1C(OCC(NC(=O)C(O)CCCCCCCCCCCCCCC)C(O)/C=C/CCCCCCCCCCC)OC(CO)C(O)C1O. The van der Waals surface area contributed by atoms with E-state index in [2.05, 4.69) is 38.2 Å². The molecule has 78 heavy (non-hydrogen) atoms. The van der Waals surface area contributed by atoms with Crippen molar-refractivity contribution in [2.24, 2.45) is 0 Å². The van der Waals surface area contributed by atoms with E-state index >= 15 is 0 Å². The van der Waals surface area contributed by atoms with Crippen molar-refractivity contribution in [3.63, 3.8) is 0 Å². The van der Waals surface area contributed by atoms with Crippen LogP contribution in [0.4, 0.5) is 0 Å². The van der Waals surface area contributed by atoms with Gasteiger partial charge in [-0.2, -0.15) is 0 Å². The van der Waals surface area contributed by atoms with Gasteiger partial charge in [-0.3, -0.25) is 9.59 Å². The van der Waals surface area contributed by atoms with Crippen LogP contribution >= 0.6 is 0 Å². The van der Waals surface area contributed by atoms with E-state index in [0.29, 0.717) is 19.3 Å². The van der Waals surface area contributed by atoms with Gasteiger partial charge in [-0.25, -0.2) is 0 Å². The highest BCUT2D eigenvalue weighted by atomic mass is 16.7. The summed E-state index contributed by atoms with van der Waals surface area (Å²) in [5.41, 5.74) is 0. The van der Waals surface area contributed by atoms with Crippen molar-refractivity contribution >= 4 is 11.9 Å². The molecule has 1 rings (SSSR count). The first-order valence-corrected chi connectivity index (χ1v) is 33.6. The van der Waals surface area contributed by atoms with E-state index in [1.54, 1.807) is 6.08 Å². The number of nitrogens with one attached hydrogen (secondary N) is 1. The molecule has 0 aromatic carbocycles. The van der Waals surface area contributed by atoms with Crippen molar-refractivity contribution in [3.8, 4) is 0 Å². The predicted octanol–water partition coefficient (Wildman–Crippen LogP) is 16.5. The van der Waals surface area contributed by atoms with Crippen molar-refractivity contribution in [1.29, 1.82) is 0 Å². The largest absolute Gasteiger partial charge is 0.454 e. The van der Waals surface area contributed by atoms with Crippen LogP contribution in [-0.2, 0) is 23.8 Å². The highest BCUT2D eigenvalue weighted by molar-refractivity contribution is 5.80. The van der Waals surface area contributed by atoms with Gasteiger partial charge in [-0.05, 0) is 51.4 Å². The Morgan fingerprint density at radius 2 is 0.846 bits per heavy atom. The zero-order chi connectivity index (χ0) is 56.8. The van der Waals surface area contributed by atoms with Crippen LogP contribution in [0.3, 0.4) is 0 Å². The van der Waals surface area contributed by atoms with E-state index < -0.39 is 67.4 Å². The van der Waals surface area contributed by atoms with E-state index in [0.717, 1.165) is 57.8 Å². The molecule has 0 aromatic rings. The van der Waals surface area contributed by atoms with Gasteiger partial charge in [-0.15, -0.1) is 0 Å². The van der Waals surface area contributed by atoms with Crippen LogP contribution in [0.5, 0.6) is 0 Å². The Balaban J connectivity index is 2.54. The minimum atomic E-state index is -1.61. The summed E-state index contributed by atoms with van der Waals surface area (Å²) in [6, 6.07) is -1.02. The van der Waals surface area contributed by atoms with Crippen molar-refractivity contribution in [2.75, 3.05) is 13.2 Å². The normalized spacial score (nSPS) is 19.0. The molecule has 8 unspecified atom stereocenters. The van der Waals surface area contributed by atoms with Gasteiger partial charge in [0.2, 0.25) is 5.91 Å². The van der Waals surface area contributed by atoms with Crippen molar-refractivity contribution in [1.82, 2.24) is 5.32 Å². The Morgan fingerprint density at radius 3 is 1.24 bits per heavy atom. The monoisotopic (exact) mass is 1110 g/mol. The third kappa shape index (κ3) is 42.9. The van der Waals surface area contributed by atoms with Gasteiger partial charge in [0.1, 0.15) is 24.4 Å². The Bertz CT molecular complexity index is 1360. The average Bonchev–Trinajstić information content (AvgIpc) is 3.44. The number of allylic oxidation sites excluding steroid dienone is 3. The van der Waals surface area contributed by atoms with Crippen LogP contribution in [0.1, 0.15) is 329 Å². The molecule has 0 aliphatic carbocycles. The number of rotatable bonds is 58. The summed E-state index contributed by atoms with van der Waals surface area (Å²) < 4.78 is 17.7. The van der Waals surface area contributed by atoms with Gasteiger partial charge in [-0.1, -0.05) is 295 Å². The maximum atomic E-state index is 13.4. The Morgan fingerprint density at radius 1 is 0.487 bits per heavy atom. The number of aliphatic hydroxyl groups is 5. The van der Waals surface area contributed by atoms with Crippen LogP contribution in [0.25, 0.3) is 0 Å². The lowest BCUT2D eigenvalue weighted by atomic mass is 9.99. The molecular weight excluding hydrogens is 979 g/mol. The van der Waals surface area contributed by atoms with Gasteiger partial charge in [0.25, 0.3) is 0 Å². The van der Waals surface area contributed by atoms with Crippen LogP contribution in [0, 0.1) is 0 Å². The zero-order valence-electron chi connectivity index (χ0n) is 51.1. The van der Waals surface area contributed by atoms with E-state index in [-0.39, 0.29) is 13.0 Å². The number of carbonyl (C=O) groups excluding carboxylic acids is 2. The molecule has 460 valence electrons. The lowest BCUT2D eigenvalue weighted by molar-refractivity contribution is -0.305. The van der Waals surface area contributed by atoms with Gasteiger partial charge in [0.15, 0.2) is 12.4 Å². The average molecular weight is 1110 g/mol. The molecule has 1 aliphatic heterocycles. The highest BCUT2D eigenvalue weighted by Gasteiger charge is 2.47. The second-order valence-electron chi connectivity index (χ2n) is 23.6. The van der Waals surface area contributed by atoms with E-state index in [4.69, 9.17) is 14.2 Å². The Labute approximate surface area is 480 Å². The molecule has 0 bridgehead atoms. The lowest BCUT2D eigenvalue weighted by Crippen LogP contribution is -2.61. The first-order valence-electron chi connectivity index (χ1n) is 33.6. The van der Waals surface area contributed by atoms with Crippen LogP contribution < -0.4 is 5.32 Å². The number of aliphatic hydroxyl groups excluding tert-OH is 5. The molecule has 1 saturated heterocycles. The fraction of sp³-hybridized carbons (Fsp3) is 0.910. The fourth-order valence-corrected chi connectivity index (χ4v) is 10.8. The number of unbranched alkanes of at least 4 members (excludes halogenated alkanes) is 42. The van der Waals surface area contributed by atoms with Gasteiger partial charge >= 0.3 is 5.97 Å². The van der Waals surface area contributed by atoms with E-state index in [9.17, 15) is 35.1 Å². The van der Waals surface area contributed by atoms with Crippen LogP contribution in [-0.4, -0.2) is 99.6 Å². The van der Waals surface area contributed by atoms with Crippen molar-refractivity contribution in [3.05, 3.63) is 24.3 Å². The van der Waals surface area contributed by atoms with Gasteiger partial charge in [0, 0.05) is 6.42 Å². The minimum absolute atomic E-state index is 0.129. The molecule has 1 heterocycles. The lowest BCUT2D eigenvalue weighted by Gasteiger charge is -2.41. The van der Waals surface area contributed by atoms with Crippen molar-refractivity contribution < 1.29 is 49.3 Å². The Kier molecular flexibility index (Phi) is 52.9. The Hall–Kier alpha value is -1.86. The maximum absolute atomic E-state index is 13.4. The van der Waals surface area contributed by atoms with E-state index in [1.807, 2.05) is 6.08 Å². The molecule has 8 atom stereocenters. The summed E-state index contributed by atoms with van der Waals surface area (Å²) >= 11 is 0. The molecule has 11 heteroatoms. The molecule has 1 fully saturated rings. The quantitative estimate of drug-likeness (QED) is 0.0195. The summed E-state index contributed by atoms with van der Waals surface area (Å²) in [6.07, 6.45) is 55.2.